The van der Waals surface area contributed by atoms with Crippen molar-refractivity contribution in [2.24, 2.45) is 0 Å². The van der Waals surface area contributed by atoms with Gasteiger partial charge in [0, 0.05) is 6.04 Å². The fraction of sp³-hybridized carbons (Fsp3) is 0.692. The van der Waals surface area contributed by atoms with Crippen LogP contribution in [0.3, 0.4) is 0 Å². The van der Waals surface area contributed by atoms with Crippen LogP contribution in [0.4, 0.5) is 0 Å². The predicted molar refractivity (Wildman–Crippen MR) is 68.6 cm³/mol. The smallest absolute Gasteiger partial charge is 0.521 e. The van der Waals surface area contributed by atoms with Crippen molar-refractivity contribution in [1.29, 1.82) is 0 Å². The van der Waals surface area contributed by atoms with Gasteiger partial charge in [-0.15, -0.1) is 6.54 Å². The normalized spacial score (nSPS) is 17.2. The molecule has 0 aliphatic carbocycles. The molecule has 1 aliphatic rings. The molecule has 2 nitrogen and oxygen atoms in total. The minimum Gasteiger partial charge on any atom is -0.521 e. The Hall–Kier alpha value is 1.01. The third kappa shape index (κ3) is 13.1. The molecule has 0 amide bonds. The number of likely N-dealkylation sites (tertiary alicyclic amines) is 1. The molecular weight excluding hydrogens is 225 g/mol. The molecule has 0 aromatic rings. The van der Waals surface area contributed by atoms with Gasteiger partial charge in [-0.25, -0.2) is 0 Å². The van der Waals surface area contributed by atoms with Crippen molar-refractivity contribution in [3.8, 4) is 0 Å². The number of likely N-dealkylation sites (N-methyl/N-ethyl adjacent to an activating group) is 1. The van der Waals surface area contributed by atoms with E-state index in [0.717, 1.165) is 13.0 Å². The number of hydrogen-bond donors (Lipinski definition) is 0. The van der Waals surface area contributed by atoms with Crippen LogP contribution in [-0.2, 0) is 4.79 Å². The second-order valence-electron chi connectivity index (χ2n) is 2.59. The molecule has 0 aromatic heterocycles. The van der Waals surface area contributed by atoms with Gasteiger partial charge in [-0.1, -0.05) is 27.7 Å². The molecule has 1 aliphatic heterocycles. The molecule has 92 valence electrons. The molecule has 0 radical (unpaired) electrons. The Labute approximate surface area is 145 Å². The van der Waals surface area contributed by atoms with E-state index in [9.17, 15) is 4.79 Å². The number of Topliss-reactive ketones (excluding diaryl/α,β-unsaturated/α-hetero) is 1. The van der Waals surface area contributed by atoms with Crippen molar-refractivity contribution < 1.29 is 56.2 Å². The van der Waals surface area contributed by atoms with Crippen LogP contribution < -0.4 is 51.4 Å². The Bertz CT molecular complexity index is 140. The van der Waals surface area contributed by atoms with Gasteiger partial charge in [0.1, 0.15) is 5.78 Å². The summed E-state index contributed by atoms with van der Waals surface area (Å²) in [4.78, 5) is 12.9. The largest absolute Gasteiger partial charge is 1.00 e. The van der Waals surface area contributed by atoms with E-state index in [4.69, 9.17) is 0 Å². The summed E-state index contributed by atoms with van der Waals surface area (Å²) in [6, 6.07) is 0.171. The summed E-state index contributed by atoms with van der Waals surface area (Å²) in [6.07, 6.45) is 3.08. The minimum absolute atomic E-state index is 0. The number of ketones is 1. The van der Waals surface area contributed by atoms with Crippen LogP contribution in [0.15, 0.2) is 6.58 Å². The van der Waals surface area contributed by atoms with Crippen LogP contribution in [0.2, 0.25) is 0 Å². The molecule has 0 saturated carbocycles. The van der Waals surface area contributed by atoms with Crippen molar-refractivity contribution >= 4 is 5.78 Å². The maximum Gasteiger partial charge on any atom is 1.00 e. The van der Waals surface area contributed by atoms with Gasteiger partial charge in [0.15, 0.2) is 0 Å². The summed E-state index contributed by atoms with van der Waals surface area (Å²) in [5.74, 6) is 0.284. The third-order valence-corrected chi connectivity index (χ3v) is 1.81. The molecular formula is C13H27KNO-. The van der Waals surface area contributed by atoms with E-state index in [0.29, 0.717) is 0 Å². The monoisotopic (exact) mass is 252 g/mol. The molecule has 3 heteroatoms. The van der Waals surface area contributed by atoms with Crippen LogP contribution in [0.25, 0.3) is 0 Å². The second kappa shape index (κ2) is 21.3. The van der Waals surface area contributed by atoms with Crippen LogP contribution in [0.5, 0.6) is 0 Å². The Morgan fingerprint density at radius 3 is 1.81 bits per heavy atom. The zero-order valence-corrected chi connectivity index (χ0v) is 15.3. The van der Waals surface area contributed by atoms with Crippen LogP contribution in [0.1, 0.15) is 41.0 Å². The van der Waals surface area contributed by atoms with Gasteiger partial charge in [-0.3, -0.25) is 11.4 Å². The SMILES string of the molecule is CC.CC.CC(=O)C1C[CH-]CN1C.[CH-]=C.[K+]. The van der Waals surface area contributed by atoms with Crippen molar-refractivity contribution in [1.82, 2.24) is 4.90 Å². The van der Waals surface area contributed by atoms with E-state index in [1.807, 2.05) is 34.7 Å². The van der Waals surface area contributed by atoms with Gasteiger partial charge in [-0.2, -0.15) is 6.42 Å². The van der Waals surface area contributed by atoms with E-state index in [1.54, 1.807) is 6.92 Å². The molecule has 0 bridgehead atoms. The first-order valence-electron chi connectivity index (χ1n) is 5.65. The molecule has 1 rings (SSSR count). The average Bonchev–Trinajstić information content (AvgIpc) is 2.73. The van der Waals surface area contributed by atoms with Gasteiger partial charge >= 0.3 is 51.4 Å². The molecule has 0 aromatic carbocycles. The standard InChI is InChI=1S/C7H12NO.2C2H6.C2H3.K/c1-6(9)7-4-3-5-8(7)2;3*1-2;/h3,7H,4-5H2,1-2H3;2*1-2H3;1H,2H2;/q-1;;;-1;+1. The number of carbonyl (C=O) groups is 1. The number of rotatable bonds is 1. The molecule has 1 saturated heterocycles. The molecule has 0 spiro atoms. The Morgan fingerprint density at radius 1 is 1.31 bits per heavy atom. The maximum absolute atomic E-state index is 10.8. The van der Waals surface area contributed by atoms with Crippen LogP contribution >= 0.6 is 0 Å². The fourth-order valence-corrected chi connectivity index (χ4v) is 1.22. The average molecular weight is 252 g/mol. The molecule has 16 heavy (non-hydrogen) atoms. The number of nitrogens with zero attached hydrogens (tertiary/aromatic N) is 1. The van der Waals surface area contributed by atoms with Gasteiger partial charge < -0.3 is 17.9 Å². The Balaban J connectivity index is -0.0000000900. The van der Waals surface area contributed by atoms with Crippen molar-refractivity contribution in [2.45, 2.75) is 47.1 Å². The Kier molecular flexibility index (Phi) is 34.3. The first-order chi connectivity index (χ1) is 7.22. The summed E-state index contributed by atoms with van der Waals surface area (Å²) < 4.78 is 0. The molecule has 1 unspecified atom stereocenters. The van der Waals surface area contributed by atoms with E-state index < -0.39 is 0 Å². The van der Waals surface area contributed by atoms with E-state index in [1.165, 1.54) is 0 Å². The summed E-state index contributed by atoms with van der Waals surface area (Å²) in [5, 5.41) is 0. The van der Waals surface area contributed by atoms with Crippen molar-refractivity contribution in [3.05, 3.63) is 19.6 Å². The van der Waals surface area contributed by atoms with Gasteiger partial charge in [0.2, 0.25) is 0 Å². The first kappa shape index (κ1) is 25.8. The van der Waals surface area contributed by atoms with Gasteiger partial charge in [0.25, 0.3) is 0 Å². The Morgan fingerprint density at radius 2 is 1.69 bits per heavy atom. The maximum atomic E-state index is 10.8. The second-order valence-corrected chi connectivity index (χ2v) is 2.59. The van der Waals surface area contributed by atoms with E-state index in [2.05, 4.69) is 24.5 Å². The molecule has 1 atom stereocenters. The molecule has 1 heterocycles. The topological polar surface area (TPSA) is 20.3 Å². The zero-order chi connectivity index (χ0) is 12.9. The summed E-state index contributed by atoms with van der Waals surface area (Å²) in [7, 11) is 1.98. The quantitative estimate of drug-likeness (QED) is 0.489. The zero-order valence-electron chi connectivity index (χ0n) is 12.2. The fourth-order valence-electron chi connectivity index (χ4n) is 1.22. The van der Waals surface area contributed by atoms with Gasteiger partial charge in [-0.05, 0) is 14.0 Å². The molecule has 1 fully saturated rings. The summed E-state index contributed by atoms with van der Waals surface area (Å²) in [5.41, 5.74) is 0. The first-order valence-corrected chi connectivity index (χ1v) is 5.65. The van der Waals surface area contributed by atoms with Crippen molar-refractivity contribution in [3.63, 3.8) is 0 Å². The minimum atomic E-state index is 0. The van der Waals surface area contributed by atoms with E-state index >= 15 is 0 Å². The van der Waals surface area contributed by atoms with E-state index in [-0.39, 0.29) is 63.2 Å². The van der Waals surface area contributed by atoms with Crippen molar-refractivity contribution in [2.75, 3.05) is 13.6 Å². The summed E-state index contributed by atoms with van der Waals surface area (Å²) >= 11 is 0. The summed E-state index contributed by atoms with van der Waals surface area (Å²) in [6.45, 7) is 17.6. The number of carbonyl (C=O) groups excluding carboxylic acids is 1. The predicted octanol–water partition coefficient (Wildman–Crippen LogP) is 0.146. The van der Waals surface area contributed by atoms with Gasteiger partial charge in [0.05, 0.1) is 0 Å². The molecule has 0 N–H and O–H groups in total. The number of hydrogen-bond acceptors (Lipinski definition) is 2. The van der Waals surface area contributed by atoms with Crippen LogP contribution in [-0.4, -0.2) is 30.3 Å². The van der Waals surface area contributed by atoms with Crippen LogP contribution in [0, 0.1) is 13.0 Å². The third-order valence-electron chi connectivity index (χ3n) is 1.81.